The van der Waals surface area contributed by atoms with Crippen molar-refractivity contribution in [2.45, 2.75) is 58.7 Å². The second-order valence-electron chi connectivity index (χ2n) is 7.50. The number of hydrogen-bond acceptors (Lipinski definition) is 3. The van der Waals surface area contributed by atoms with Crippen LogP contribution in [0.5, 0.6) is 0 Å². The van der Waals surface area contributed by atoms with Crippen molar-refractivity contribution in [3.8, 4) is 5.69 Å². The van der Waals surface area contributed by atoms with E-state index in [-0.39, 0.29) is 11.2 Å². The fourth-order valence-corrected chi connectivity index (χ4v) is 2.67. The molecule has 0 bridgehead atoms. The standard InChI is InChI=1S/C18H25BN2O2/c1-13(2)14-7-9-15(10-8-14)21-16(11-12-20-21)19-22-17(3,4)18(5,6)23-19/h7-13H,1-6H3. The van der Waals surface area contributed by atoms with E-state index in [4.69, 9.17) is 9.31 Å². The zero-order valence-electron chi connectivity index (χ0n) is 14.8. The zero-order chi connectivity index (χ0) is 16.8. The van der Waals surface area contributed by atoms with Crippen molar-refractivity contribution in [1.29, 1.82) is 0 Å². The lowest BCUT2D eigenvalue weighted by atomic mass is 9.84. The highest BCUT2D eigenvalue weighted by Gasteiger charge is 2.52. The summed E-state index contributed by atoms with van der Waals surface area (Å²) in [5.74, 6) is 0.518. The summed E-state index contributed by atoms with van der Waals surface area (Å²) in [7, 11) is -0.410. The summed E-state index contributed by atoms with van der Waals surface area (Å²) in [6, 6.07) is 10.4. The molecule has 23 heavy (non-hydrogen) atoms. The Hall–Kier alpha value is -1.59. The second kappa shape index (κ2) is 5.50. The van der Waals surface area contributed by atoms with E-state index < -0.39 is 7.12 Å². The molecular weight excluding hydrogens is 287 g/mol. The molecule has 0 aliphatic carbocycles. The molecule has 4 nitrogen and oxygen atoms in total. The van der Waals surface area contributed by atoms with Gasteiger partial charge in [0.2, 0.25) is 0 Å². The van der Waals surface area contributed by atoms with Crippen LogP contribution in [0.4, 0.5) is 0 Å². The average Bonchev–Trinajstić information content (AvgIpc) is 3.02. The maximum Gasteiger partial charge on any atom is 0.514 e. The summed E-state index contributed by atoms with van der Waals surface area (Å²) < 4.78 is 14.2. The first-order valence-corrected chi connectivity index (χ1v) is 8.21. The van der Waals surface area contributed by atoms with Crippen LogP contribution in [0.1, 0.15) is 53.0 Å². The van der Waals surface area contributed by atoms with Gasteiger partial charge in [0.1, 0.15) is 0 Å². The first-order chi connectivity index (χ1) is 10.7. The molecule has 1 aromatic heterocycles. The van der Waals surface area contributed by atoms with Crippen LogP contribution in [0, 0.1) is 0 Å². The Bertz CT molecular complexity index is 673. The van der Waals surface area contributed by atoms with Gasteiger partial charge in [0.05, 0.1) is 22.5 Å². The Balaban J connectivity index is 1.92. The molecule has 0 spiro atoms. The monoisotopic (exact) mass is 312 g/mol. The third-order valence-corrected chi connectivity index (χ3v) is 4.97. The van der Waals surface area contributed by atoms with Crippen molar-refractivity contribution in [2.24, 2.45) is 0 Å². The third kappa shape index (κ3) is 2.84. The normalized spacial score (nSPS) is 19.5. The van der Waals surface area contributed by atoms with Crippen molar-refractivity contribution in [3.05, 3.63) is 42.1 Å². The van der Waals surface area contributed by atoms with Crippen LogP contribution in [-0.2, 0) is 9.31 Å². The maximum atomic E-state index is 6.15. The molecule has 0 saturated carbocycles. The highest BCUT2D eigenvalue weighted by atomic mass is 16.7. The van der Waals surface area contributed by atoms with Gasteiger partial charge in [0, 0.05) is 6.20 Å². The van der Waals surface area contributed by atoms with Crippen LogP contribution < -0.4 is 5.59 Å². The molecule has 0 N–H and O–H groups in total. The largest absolute Gasteiger partial charge is 0.514 e. The number of rotatable bonds is 3. The van der Waals surface area contributed by atoms with Crippen LogP contribution >= 0.6 is 0 Å². The molecule has 1 aliphatic rings. The molecule has 1 aliphatic heterocycles. The third-order valence-electron chi connectivity index (χ3n) is 4.97. The molecule has 1 saturated heterocycles. The van der Waals surface area contributed by atoms with Crippen LogP contribution in [0.3, 0.4) is 0 Å². The van der Waals surface area contributed by atoms with Crippen LogP contribution in [0.2, 0.25) is 0 Å². The predicted molar refractivity (Wildman–Crippen MR) is 93.4 cm³/mol. The van der Waals surface area contributed by atoms with Crippen LogP contribution in [0.25, 0.3) is 5.69 Å². The van der Waals surface area contributed by atoms with Crippen molar-refractivity contribution < 1.29 is 9.31 Å². The fraction of sp³-hybridized carbons (Fsp3) is 0.500. The Morgan fingerprint density at radius 3 is 2.04 bits per heavy atom. The molecule has 1 fully saturated rings. The molecule has 2 aromatic rings. The summed E-state index contributed by atoms with van der Waals surface area (Å²) in [6.45, 7) is 12.6. The molecule has 5 heteroatoms. The van der Waals surface area contributed by atoms with E-state index in [0.717, 1.165) is 11.3 Å². The van der Waals surface area contributed by atoms with Gasteiger partial charge in [-0.15, -0.1) is 0 Å². The molecular formula is C18H25BN2O2. The van der Waals surface area contributed by atoms with Crippen LogP contribution in [0.15, 0.2) is 36.5 Å². The quantitative estimate of drug-likeness (QED) is 0.816. The molecule has 122 valence electrons. The van der Waals surface area contributed by atoms with E-state index >= 15 is 0 Å². The van der Waals surface area contributed by atoms with Gasteiger partial charge in [0.25, 0.3) is 0 Å². The highest BCUT2D eigenvalue weighted by Crippen LogP contribution is 2.36. The molecule has 1 aromatic carbocycles. The zero-order valence-corrected chi connectivity index (χ0v) is 14.8. The minimum atomic E-state index is -0.410. The van der Waals surface area contributed by atoms with Crippen molar-refractivity contribution >= 4 is 12.7 Å². The smallest absolute Gasteiger partial charge is 0.398 e. The van der Waals surface area contributed by atoms with Crippen LogP contribution in [-0.4, -0.2) is 28.1 Å². The lowest BCUT2D eigenvalue weighted by Gasteiger charge is -2.32. The van der Waals surface area contributed by atoms with Gasteiger partial charge in [0.15, 0.2) is 0 Å². The minimum absolute atomic E-state index is 0.353. The van der Waals surface area contributed by atoms with E-state index in [2.05, 4.69) is 70.9 Å². The first-order valence-electron chi connectivity index (χ1n) is 8.21. The Labute approximate surface area is 138 Å². The van der Waals surface area contributed by atoms with E-state index in [9.17, 15) is 0 Å². The molecule has 0 amide bonds. The summed E-state index contributed by atoms with van der Waals surface area (Å²) in [5, 5.41) is 4.46. The number of hydrogen-bond donors (Lipinski definition) is 0. The predicted octanol–water partition coefficient (Wildman–Crippen LogP) is 3.29. The van der Waals surface area contributed by atoms with Gasteiger partial charge in [-0.1, -0.05) is 26.0 Å². The van der Waals surface area contributed by atoms with E-state index in [0.29, 0.717) is 5.92 Å². The summed E-state index contributed by atoms with van der Waals surface area (Å²) >= 11 is 0. The molecule has 3 rings (SSSR count). The minimum Gasteiger partial charge on any atom is -0.398 e. The van der Waals surface area contributed by atoms with Crippen molar-refractivity contribution in [2.75, 3.05) is 0 Å². The van der Waals surface area contributed by atoms with Gasteiger partial charge in [-0.05, 0) is 57.4 Å². The second-order valence-corrected chi connectivity index (χ2v) is 7.50. The van der Waals surface area contributed by atoms with E-state index in [1.807, 2.05) is 10.7 Å². The number of benzene rings is 1. The average molecular weight is 312 g/mol. The van der Waals surface area contributed by atoms with E-state index in [1.54, 1.807) is 6.20 Å². The summed E-state index contributed by atoms with van der Waals surface area (Å²) in [6.07, 6.45) is 1.79. The SMILES string of the molecule is CC(C)c1ccc(-n2nccc2B2OC(C)(C)C(C)(C)O2)cc1. The Kier molecular flexibility index (Phi) is 3.89. The summed E-state index contributed by atoms with van der Waals surface area (Å²) in [4.78, 5) is 0. The first kappa shape index (κ1) is 16.3. The van der Waals surface area contributed by atoms with Crippen molar-refractivity contribution in [1.82, 2.24) is 9.78 Å². The Morgan fingerprint density at radius 2 is 1.52 bits per heavy atom. The van der Waals surface area contributed by atoms with E-state index in [1.165, 1.54) is 5.56 Å². The van der Waals surface area contributed by atoms with Gasteiger partial charge >= 0.3 is 7.12 Å². The summed E-state index contributed by atoms with van der Waals surface area (Å²) in [5.41, 5.74) is 2.55. The molecule has 2 heterocycles. The topological polar surface area (TPSA) is 36.3 Å². The van der Waals surface area contributed by atoms with Gasteiger partial charge in [-0.25, -0.2) is 4.68 Å². The molecule has 0 atom stereocenters. The lowest BCUT2D eigenvalue weighted by molar-refractivity contribution is 0.00578. The Morgan fingerprint density at radius 1 is 0.957 bits per heavy atom. The van der Waals surface area contributed by atoms with Crippen molar-refractivity contribution in [3.63, 3.8) is 0 Å². The van der Waals surface area contributed by atoms with Gasteiger partial charge < -0.3 is 9.31 Å². The fourth-order valence-electron chi connectivity index (χ4n) is 2.67. The van der Waals surface area contributed by atoms with Gasteiger partial charge in [-0.2, -0.15) is 5.10 Å². The molecule has 0 unspecified atom stereocenters. The maximum absolute atomic E-state index is 6.15. The number of nitrogens with zero attached hydrogens (tertiary/aromatic N) is 2. The highest BCUT2D eigenvalue weighted by molar-refractivity contribution is 6.61. The lowest BCUT2D eigenvalue weighted by Crippen LogP contribution is -2.41. The molecule has 0 radical (unpaired) electrons. The number of aromatic nitrogens is 2. The van der Waals surface area contributed by atoms with Gasteiger partial charge in [-0.3, -0.25) is 0 Å².